The van der Waals surface area contributed by atoms with Gasteiger partial charge in [0.05, 0.1) is 6.10 Å². The van der Waals surface area contributed by atoms with Crippen LogP contribution < -0.4 is 5.46 Å². The minimum atomic E-state index is -0.182. The van der Waals surface area contributed by atoms with Gasteiger partial charge in [0, 0.05) is 26.2 Å². The van der Waals surface area contributed by atoms with Gasteiger partial charge in [-0.15, -0.1) is 0 Å². The highest BCUT2D eigenvalue weighted by atomic mass is 16.6. The van der Waals surface area contributed by atoms with Gasteiger partial charge in [0.15, 0.2) is 0 Å². The summed E-state index contributed by atoms with van der Waals surface area (Å²) in [6, 6.07) is 8.99. The van der Waals surface area contributed by atoms with E-state index in [9.17, 15) is 0 Å². The van der Waals surface area contributed by atoms with Gasteiger partial charge in [-0.25, -0.2) is 0 Å². The molecule has 0 atom stereocenters. The molecular formula is C26H43BO3. The number of rotatable bonds is 12. The number of hydrogen-bond acceptors (Lipinski definition) is 3. The molecule has 0 spiro atoms. The van der Waals surface area contributed by atoms with Crippen LogP contribution in [0.3, 0.4) is 0 Å². The van der Waals surface area contributed by atoms with Crippen molar-refractivity contribution in [1.82, 2.24) is 0 Å². The lowest BCUT2D eigenvalue weighted by Crippen LogP contribution is -2.44. The van der Waals surface area contributed by atoms with Crippen molar-refractivity contribution in [2.24, 2.45) is 5.92 Å². The van der Waals surface area contributed by atoms with Gasteiger partial charge in [0.25, 0.3) is 0 Å². The number of benzene rings is 1. The van der Waals surface area contributed by atoms with E-state index in [1.165, 1.54) is 89.0 Å². The molecule has 1 heterocycles. The van der Waals surface area contributed by atoms with Gasteiger partial charge in [-0.1, -0.05) is 82.6 Å². The van der Waals surface area contributed by atoms with E-state index in [-0.39, 0.29) is 7.12 Å². The average Bonchev–Trinajstić information content (AvgIpc) is 2.81. The third-order valence-electron chi connectivity index (χ3n) is 7.12. The molecule has 30 heavy (non-hydrogen) atoms. The second-order valence-electron chi connectivity index (χ2n) is 9.50. The van der Waals surface area contributed by atoms with Crippen LogP contribution in [-0.2, 0) is 14.0 Å². The summed E-state index contributed by atoms with van der Waals surface area (Å²) in [6.45, 7) is 3.96. The topological polar surface area (TPSA) is 27.7 Å². The van der Waals surface area contributed by atoms with E-state index in [1.807, 2.05) is 7.11 Å². The van der Waals surface area contributed by atoms with Gasteiger partial charge in [-0.05, 0) is 49.0 Å². The normalized spacial score (nSPS) is 23.1. The molecule has 0 amide bonds. The van der Waals surface area contributed by atoms with Crippen molar-refractivity contribution in [3.05, 3.63) is 29.8 Å². The summed E-state index contributed by atoms with van der Waals surface area (Å²) in [5.41, 5.74) is 2.62. The Morgan fingerprint density at radius 1 is 0.833 bits per heavy atom. The summed E-state index contributed by atoms with van der Waals surface area (Å²) in [5, 5.41) is 0. The Morgan fingerprint density at radius 3 is 2.03 bits per heavy atom. The van der Waals surface area contributed by atoms with Gasteiger partial charge in [-0.2, -0.15) is 0 Å². The first-order valence-corrected chi connectivity index (χ1v) is 12.7. The maximum Gasteiger partial charge on any atom is 0.493 e. The molecule has 3 rings (SSSR count). The second kappa shape index (κ2) is 13.5. The molecule has 0 aromatic heterocycles. The predicted molar refractivity (Wildman–Crippen MR) is 126 cm³/mol. The Kier molecular flexibility index (Phi) is 10.8. The molecule has 0 N–H and O–H groups in total. The number of ether oxygens (including phenoxy) is 1. The van der Waals surface area contributed by atoms with E-state index in [1.54, 1.807) is 0 Å². The highest BCUT2D eigenvalue weighted by Gasteiger charge is 2.29. The van der Waals surface area contributed by atoms with E-state index in [4.69, 9.17) is 14.0 Å². The quantitative estimate of drug-likeness (QED) is 0.299. The van der Waals surface area contributed by atoms with Crippen LogP contribution in [0.1, 0.15) is 102 Å². The summed E-state index contributed by atoms with van der Waals surface area (Å²) in [7, 11) is 1.66. The molecule has 1 aliphatic carbocycles. The Labute approximate surface area is 185 Å². The van der Waals surface area contributed by atoms with Crippen LogP contribution >= 0.6 is 0 Å². The Bertz CT molecular complexity index is 560. The maximum absolute atomic E-state index is 6.07. The van der Waals surface area contributed by atoms with Gasteiger partial charge in [0.1, 0.15) is 0 Å². The third-order valence-corrected chi connectivity index (χ3v) is 7.12. The molecular weight excluding hydrogens is 371 g/mol. The van der Waals surface area contributed by atoms with Crippen LogP contribution in [0.15, 0.2) is 24.3 Å². The van der Waals surface area contributed by atoms with Crippen LogP contribution in [0.5, 0.6) is 0 Å². The van der Waals surface area contributed by atoms with E-state index >= 15 is 0 Å². The molecule has 1 saturated heterocycles. The monoisotopic (exact) mass is 414 g/mol. The fourth-order valence-electron chi connectivity index (χ4n) is 5.03. The van der Waals surface area contributed by atoms with E-state index in [2.05, 4.69) is 31.2 Å². The molecule has 2 aliphatic rings. The summed E-state index contributed by atoms with van der Waals surface area (Å²) in [4.78, 5) is 0. The van der Waals surface area contributed by atoms with E-state index in [0.29, 0.717) is 17.9 Å². The maximum atomic E-state index is 6.07. The largest absolute Gasteiger partial charge is 0.493 e. The van der Waals surface area contributed by atoms with Crippen molar-refractivity contribution >= 4 is 12.6 Å². The first kappa shape index (κ1) is 23.8. The molecule has 1 saturated carbocycles. The van der Waals surface area contributed by atoms with Crippen LogP contribution in [0.25, 0.3) is 0 Å². The van der Waals surface area contributed by atoms with Crippen LogP contribution in [0.2, 0.25) is 0 Å². The molecule has 0 unspecified atom stereocenters. The highest BCUT2D eigenvalue weighted by Crippen LogP contribution is 2.33. The van der Waals surface area contributed by atoms with Gasteiger partial charge < -0.3 is 14.0 Å². The molecule has 0 bridgehead atoms. The summed E-state index contributed by atoms with van der Waals surface area (Å²) >= 11 is 0. The van der Waals surface area contributed by atoms with Gasteiger partial charge in [-0.3, -0.25) is 0 Å². The molecule has 4 heteroatoms. The van der Waals surface area contributed by atoms with Crippen molar-refractivity contribution in [2.75, 3.05) is 20.3 Å². The first-order chi connectivity index (χ1) is 14.8. The zero-order chi connectivity index (χ0) is 21.0. The molecule has 2 fully saturated rings. The second-order valence-corrected chi connectivity index (χ2v) is 9.50. The van der Waals surface area contributed by atoms with Crippen molar-refractivity contribution in [3.63, 3.8) is 0 Å². The number of hydrogen-bond donors (Lipinski definition) is 0. The highest BCUT2D eigenvalue weighted by molar-refractivity contribution is 6.61. The Hall–Kier alpha value is -0.835. The zero-order valence-electron chi connectivity index (χ0n) is 19.5. The molecule has 1 aromatic rings. The minimum absolute atomic E-state index is 0.182. The van der Waals surface area contributed by atoms with Crippen LogP contribution in [0, 0.1) is 5.92 Å². The van der Waals surface area contributed by atoms with Crippen molar-refractivity contribution in [3.8, 4) is 0 Å². The van der Waals surface area contributed by atoms with Crippen molar-refractivity contribution in [1.29, 1.82) is 0 Å². The lowest BCUT2D eigenvalue weighted by molar-refractivity contribution is 0.0659. The third kappa shape index (κ3) is 7.69. The molecule has 1 aliphatic heterocycles. The van der Waals surface area contributed by atoms with Crippen molar-refractivity contribution < 1.29 is 14.0 Å². The molecule has 1 aromatic carbocycles. The lowest BCUT2D eigenvalue weighted by atomic mass is 9.75. The number of unbranched alkanes of at least 4 members (excludes halogenated alkanes) is 7. The van der Waals surface area contributed by atoms with Crippen LogP contribution in [-0.4, -0.2) is 33.5 Å². The summed E-state index contributed by atoms with van der Waals surface area (Å²) < 4.78 is 17.7. The van der Waals surface area contributed by atoms with Gasteiger partial charge >= 0.3 is 7.12 Å². The summed E-state index contributed by atoms with van der Waals surface area (Å²) in [5.74, 6) is 1.24. The molecule has 168 valence electrons. The fourth-order valence-corrected chi connectivity index (χ4v) is 5.03. The fraction of sp³-hybridized carbons (Fsp3) is 0.769. The Morgan fingerprint density at radius 2 is 1.43 bits per heavy atom. The van der Waals surface area contributed by atoms with E-state index in [0.717, 1.165) is 18.7 Å². The molecule has 0 radical (unpaired) electrons. The standard InChI is InChI=1S/C26H43BO3/c1-3-4-5-6-7-8-9-10-11-22-20-29-27(30-21-22)25-16-12-23(13-17-25)24-14-18-26(28-2)19-15-24/h12-13,16-17,22,24,26H,3-11,14-15,18-21H2,1-2H3. The molecule has 3 nitrogen and oxygen atoms in total. The smallest absolute Gasteiger partial charge is 0.407 e. The zero-order valence-corrected chi connectivity index (χ0v) is 19.5. The summed E-state index contributed by atoms with van der Waals surface area (Å²) in [6.07, 6.45) is 17.6. The van der Waals surface area contributed by atoms with Crippen LogP contribution in [0.4, 0.5) is 0 Å². The number of methoxy groups -OCH3 is 1. The minimum Gasteiger partial charge on any atom is -0.407 e. The first-order valence-electron chi connectivity index (χ1n) is 12.7. The SMILES string of the molecule is CCCCCCCCCCC1COB(c2ccc(C3CCC(OC)CC3)cc2)OC1. The predicted octanol–water partition coefficient (Wildman–Crippen LogP) is 6.25. The Balaban J connectivity index is 1.30. The average molecular weight is 414 g/mol. The lowest BCUT2D eigenvalue weighted by Gasteiger charge is -2.29. The van der Waals surface area contributed by atoms with Crippen molar-refractivity contribution in [2.45, 2.75) is 102 Å². The van der Waals surface area contributed by atoms with Gasteiger partial charge in [0.2, 0.25) is 0 Å². The van der Waals surface area contributed by atoms with E-state index < -0.39 is 0 Å².